The van der Waals surface area contributed by atoms with Crippen LogP contribution in [-0.4, -0.2) is 50.8 Å². The van der Waals surface area contributed by atoms with Crippen LogP contribution >= 0.6 is 11.6 Å². The van der Waals surface area contributed by atoms with Crippen LogP contribution in [0.2, 0.25) is 5.02 Å². The fraction of sp³-hybridized carbons (Fsp3) is 0.320. The third-order valence-corrected chi connectivity index (χ3v) is 6.58. The van der Waals surface area contributed by atoms with Crippen molar-refractivity contribution in [1.29, 1.82) is 0 Å². The van der Waals surface area contributed by atoms with E-state index in [2.05, 4.69) is 42.5 Å². The van der Waals surface area contributed by atoms with Crippen LogP contribution in [0.5, 0.6) is 0 Å². The summed E-state index contributed by atoms with van der Waals surface area (Å²) in [4.78, 5) is 18.3. The molecule has 0 amide bonds. The van der Waals surface area contributed by atoms with E-state index >= 15 is 0 Å². The molecule has 33 heavy (non-hydrogen) atoms. The van der Waals surface area contributed by atoms with Gasteiger partial charge in [0.25, 0.3) is 0 Å². The van der Waals surface area contributed by atoms with E-state index in [-0.39, 0.29) is 0 Å². The van der Waals surface area contributed by atoms with Crippen molar-refractivity contribution in [3.63, 3.8) is 0 Å². The molecule has 2 aromatic heterocycles. The number of aromatic nitrogens is 4. The third-order valence-electron chi connectivity index (χ3n) is 6.25. The first-order valence-electron chi connectivity index (χ1n) is 11.1. The van der Waals surface area contributed by atoms with Gasteiger partial charge in [-0.15, -0.1) is 0 Å². The summed E-state index contributed by atoms with van der Waals surface area (Å²) in [6, 6.07) is 14.3. The summed E-state index contributed by atoms with van der Waals surface area (Å²) in [6.45, 7) is 6.79. The van der Waals surface area contributed by atoms with Crippen LogP contribution < -0.4 is 9.80 Å². The summed E-state index contributed by atoms with van der Waals surface area (Å²) in [7, 11) is 2.02. The van der Waals surface area contributed by atoms with E-state index in [1.165, 1.54) is 0 Å². The van der Waals surface area contributed by atoms with Crippen LogP contribution in [0, 0.1) is 0 Å². The number of hydrogen-bond acceptors (Lipinski definition) is 6. The Morgan fingerprint density at radius 1 is 0.939 bits per heavy atom. The Labute approximate surface area is 198 Å². The smallest absolute Gasteiger partial charge is 0.225 e. The molecule has 5 rings (SSSR count). The van der Waals surface area contributed by atoms with Crippen LogP contribution in [0.1, 0.15) is 19.4 Å². The van der Waals surface area contributed by atoms with E-state index in [0.29, 0.717) is 16.5 Å². The lowest BCUT2D eigenvalue weighted by atomic mass is 10.0. The zero-order valence-corrected chi connectivity index (χ0v) is 19.8. The number of para-hydroxylation sites is 2. The molecular formula is C25H27ClN6O. The van der Waals surface area contributed by atoms with E-state index in [1.807, 2.05) is 31.3 Å². The Bertz CT molecular complexity index is 1290. The molecule has 0 saturated carbocycles. The number of nitrogens with zero attached hydrogens (tertiary/aromatic N) is 6. The van der Waals surface area contributed by atoms with Crippen molar-refractivity contribution in [2.75, 3.05) is 36.0 Å². The van der Waals surface area contributed by atoms with E-state index in [1.54, 1.807) is 26.2 Å². The van der Waals surface area contributed by atoms with Crippen molar-refractivity contribution in [2.24, 2.45) is 7.05 Å². The maximum Gasteiger partial charge on any atom is 0.225 e. The fourth-order valence-corrected chi connectivity index (χ4v) is 4.43. The minimum Gasteiger partial charge on any atom is -0.386 e. The molecule has 0 aliphatic carbocycles. The monoisotopic (exact) mass is 462 g/mol. The van der Waals surface area contributed by atoms with Gasteiger partial charge in [0, 0.05) is 62.4 Å². The molecule has 4 aromatic rings. The lowest BCUT2D eigenvalue weighted by Crippen LogP contribution is -2.47. The maximum atomic E-state index is 10.1. The number of fused-ring (bicyclic) bond motifs is 1. The molecule has 1 N–H and O–H groups in total. The SMILES string of the molecule is Cn1c(-c2cc(N3CCN(c4ncc(C(C)(C)O)cn4)CC3)ccc2Cl)nc2ccccc21. The number of imidazole rings is 1. The first kappa shape index (κ1) is 21.7. The van der Waals surface area contributed by atoms with Gasteiger partial charge in [-0.2, -0.15) is 0 Å². The van der Waals surface area contributed by atoms with E-state index in [0.717, 1.165) is 54.3 Å². The molecule has 0 unspecified atom stereocenters. The highest BCUT2D eigenvalue weighted by molar-refractivity contribution is 6.33. The zero-order chi connectivity index (χ0) is 23.2. The predicted molar refractivity (Wildman–Crippen MR) is 133 cm³/mol. The standard InChI is InChI=1S/C25H27ClN6O/c1-25(2,33)17-15-27-24(28-16-17)32-12-10-31(11-13-32)18-8-9-20(26)19(14-18)23-29-21-6-4-5-7-22(21)30(23)3/h4-9,14-16,33H,10-13H2,1-3H3. The van der Waals surface area contributed by atoms with Crippen LogP contribution in [0.15, 0.2) is 54.9 Å². The highest BCUT2D eigenvalue weighted by Gasteiger charge is 2.22. The largest absolute Gasteiger partial charge is 0.386 e. The Hall–Kier alpha value is -3.16. The fourth-order valence-electron chi connectivity index (χ4n) is 4.23. The van der Waals surface area contributed by atoms with Gasteiger partial charge >= 0.3 is 0 Å². The highest BCUT2D eigenvalue weighted by atomic mass is 35.5. The van der Waals surface area contributed by atoms with E-state index in [9.17, 15) is 5.11 Å². The van der Waals surface area contributed by atoms with Gasteiger partial charge in [-0.05, 0) is 44.2 Å². The number of benzene rings is 2. The topological polar surface area (TPSA) is 70.3 Å². The van der Waals surface area contributed by atoms with Crippen molar-refractivity contribution in [2.45, 2.75) is 19.4 Å². The van der Waals surface area contributed by atoms with Crippen LogP contribution in [0.3, 0.4) is 0 Å². The third kappa shape index (κ3) is 4.14. The minimum absolute atomic E-state index is 0.691. The average molecular weight is 463 g/mol. The molecule has 1 aliphatic rings. The van der Waals surface area contributed by atoms with Crippen LogP contribution in [0.25, 0.3) is 22.4 Å². The van der Waals surface area contributed by atoms with Crippen molar-refractivity contribution in [3.8, 4) is 11.4 Å². The second kappa shape index (κ2) is 8.32. The van der Waals surface area contributed by atoms with Crippen molar-refractivity contribution >= 4 is 34.3 Å². The number of rotatable bonds is 4. The molecule has 1 aliphatic heterocycles. The second-order valence-corrected chi connectivity index (χ2v) is 9.36. The van der Waals surface area contributed by atoms with Crippen molar-refractivity contribution in [3.05, 3.63) is 65.4 Å². The first-order chi connectivity index (χ1) is 15.8. The minimum atomic E-state index is -0.942. The normalized spacial score (nSPS) is 14.8. The van der Waals surface area contributed by atoms with Crippen molar-refractivity contribution in [1.82, 2.24) is 19.5 Å². The van der Waals surface area contributed by atoms with Gasteiger partial charge < -0.3 is 19.5 Å². The van der Waals surface area contributed by atoms with Gasteiger partial charge in [-0.1, -0.05) is 23.7 Å². The van der Waals surface area contributed by atoms with E-state index in [4.69, 9.17) is 16.6 Å². The van der Waals surface area contributed by atoms with Gasteiger partial charge in [0.1, 0.15) is 5.82 Å². The number of anilines is 2. The molecule has 0 atom stereocenters. The summed E-state index contributed by atoms with van der Waals surface area (Å²) in [5.41, 5.74) is 3.86. The molecule has 1 saturated heterocycles. The summed E-state index contributed by atoms with van der Waals surface area (Å²) < 4.78 is 2.09. The molecule has 3 heterocycles. The lowest BCUT2D eigenvalue weighted by molar-refractivity contribution is 0.0778. The Morgan fingerprint density at radius 3 is 2.27 bits per heavy atom. The van der Waals surface area contributed by atoms with Crippen LogP contribution in [0.4, 0.5) is 11.6 Å². The molecule has 2 aromatic carbocycles. The Kier molecular flexibility index (Phi) is 5.46. The second-order valence-electron chi connectivity index (χ2n) is 8.95. The molecule has 170 valence electrons. The molecule has 0 radical (unpaired) electrons. The highest BCUT2D eigenvalue weighted by Crippen LogP contribution is 2.33. The lowest BCUT2D eigenvalue weighted by Gasteiger charge is -2.36. The number of hydrogen-bond donors (Lipinski definition) is 1. The molecule has 1 fully saturated rings. The molecule has 7 nitrogen and oxygen atoms in total. The number of piperazine rings is 1. The Balaban J connectivity index is 1.35. The summed E-state index contributed by atoms with van der Waals surface area (Å²) in [6.07, 6.45) is 3.41. The predicted octanol–water partition coefficient (Wildman–Crippen LogP) is 4.24. The molecule has 0 spiro atoms. The number of aliphatic hydroxyl groups is 1. The van der Waals surface area contributed by atoms with Crippen LogP contribution in [-0.2, 0) is 12.6 Å². The zero-order valence-electron chi connectivity index (χ0n) is 19.0. The van der Waals surface area contributed by atoms with Gasteiger partial charge in [0.15, 0.2) is 0 Å². The van der Waals surface area contributed by atoms with Gasteiger partial charge in [0.05, 0.1) is 21.7 Å². The molecule has 8 heteroatoms. The van der Waals surface area contributed by atoms with Gasteiger partial charge in [-0.3, -0.25) is 0 Å². The quantitative estimate of drug-likeness (QED) is 0.489. The molecule has 0 bridgehead atoms. The summed E-state index contributed by atoms with van der Waals surface area (Å²) in [5, 5.41) is 10.8. The average Bonchev–Trinajstić information content (AvgIpc) is 3.15. The van der Waals surface area contributed by atoms with Gasteiger partial charge in [0.2, 0.25) is 5.95 Å². The maximum absolute atomic E-state index is 10.1. The first-order valence-corrected chi connectivity index (χ1v) is 11.5. The number of halogens is 1. The Morgan fingerprint density at radius 2 is 1.61 bits per heavy atom. The van der Waals surface area contributed by atoms with E-state index < -0.39 is 5.60 Å². The number of aryl methyl sites for hydroxylation is 1. The van der Waals surface area contributed by atoms with Gasteiger partial charge in [-0.25, -0.2) is 15.0 Å². The summed E-state index contributed by atoms with van der Waals surface area (Å²) in [5.74, 6) is 1.56. The molecular weight excluding hydrogens is 436 g/mol. The summed E-state index contributed by atoms with van der Waals surface area (Å²) >= 11 is 6.60. The van der Waals surface area contributed by atoms with Crippen molar-refractivity contribution < 1.29 is 5.11 Å².